The zero-order valence-corrected chi connectivity index (χ0v) is 12.7. The highest BCUT2D eigenvalue weighted by Crippen LogP contribution is 2.09. The third-order valence-corrected chi connectivity index (χ3v) is 3.56. The van der Waals surface area contributed by atoms with Crippen LogP contribution in [0.3, 0.4) is 0 Å². The number of hydrogen-bond donors (Lipinski definition) is 0. The van der Waals surface area contributed by atoms with Crippen molar-refractivity contribution in [3.63, 3.8) is 0 Å². The van der Waals surface area contributed by atoms with Gasteiger partial charge in [-0.25, -0.2) is 4.98 Å². The topological polar surface area (TPSA) is 34.9 Å². The quantitative estimate of drug-likeness (QED) is 0.632. The van der Waals surface area contributed by atoms with E-state index in [0.29, 0.717) is 0 Å². The SMILES string of the molecule is CCCCCCCCCCn1c(C)nc(C)cc1=O. The Labute approximate surface area is 117 Å². The van der Waals surface area contributed by atoms with Gasteiger partial charge in [-0.3, -0.25) is 9.36 Å². The van der Waals surface area contributed by atoms with E-state index in [2.05, 4.69) is 11.9 Å². The molecule has 0 saturated carbocycles. The summed E-state index contributed by atoms with van der Waals surface area (Å²) in [4.78, 5) is 16.2. The third kappa shape index (κ3) is 6.04. The van der Waals surface area contributed by atoms with Gasteiger partial charge in [0.1, 0.15) is 5.82 Å². The first-order chi connectivity index (χ1) is 9.15. The smallest absolute Gasteiger partial charge is 0.253 e. The predicted octanol–water partition coefficient (Wildman–Crippen LogP) is 4.00. The van der Waals surface area contributed by atoms with E-state index in [0.717, 1.165) is 24.5 Å². The molecule has 0 bridgehead atoms. The Bertz CT molecular complexity index is 423. The van der Waals surface area contributed by atoms with Crippen LogP contribution < -0.4 is 5.56 Å². The molecular weight excluding hydrogens is 236 g/mol. The Hall–Kier alpha value is -1.12. The minimum atomic E-state index is 0.0907. The molecule has 3 nitrogen and oxygen atoms in total. The van der Waals surface area contributed by atoms with Crippen LogP contribution in [-0.2, 0) is 6.54 Å². The Morgan fingerprint density at radius 3 is 2.16 bits per heavy atom. The summed E-state index contributed by atoms with van der Waals surface area (Å²) in [6.07, 6.45) is 10.3. The molecule has 0 saturated heterocycles. The molecule has 3 heteroatoms. The van der Waals surface area contributed by atoms with Gasteiger partial charge in [0, 0.05) is 18.3 Å². The summed E-state index contributed by atoms with van der Waals surface area (Å²) in [5.41, 5.74) is 0.905. The van der Waals surface area contributed by atoms with E-state index in [-0.39, 0.29) is 5.56 Å². The molecule has 0 spiro atoms. The number of unbranched alkanes of at least 4 members (excludes halogenated alkanes) is 7. The molecule has 0 N–H and O–H groups in total. The van der Waals surface area contributed by atoms with Crippen LogP contribution >= 0.6 is 0 Å². The van der Waals surface area contributed by atoms with Gasteiger partial charge in [0.25, 0.3) is 5.56 Å². The molecule has 0 radical (unpaired) electrons. The van der Waals surface area contributed by atoms with E-state index < -0.39 is 0 Å². The van der Waals surface area contributed by atoms with Crippen molar-refractivity contribution in [2.75, 3.05) is 0 Å². The van der Waals surface area contributed by atoms with Crippen molar-refractivity contribution in [3.8, 4) is 0 Å². The minimum absolute atomic E-state index is 0.0907. The molecule has 1 rings (SSSR count). The molecule has 0 atom stereocenters. The summed E-state index contributed by atoms with van der Waals surface area (Å²) in [7, 11) is 0. The second kappa shape index (κ2) is 8.89. The molecule has 0 unspecified atom stereocenters. The molecule has 0 fully saturated rings. The Kier molecular flexibility index (Phi) is 7.46. The Morgan fingerprint density at radius 2 is 1.58 bits per heavy atom. The number of rotatable bonds is 9. The van der Waals surface area contributed by atoms with Crippen molar-refractivity contribution in [2.24, 2.45) is 0 Å². The molecule has 0 aliphatic carbocycles. The van der Waals surface area contributed by atoms with Crippen LogP contribution in [0.5, 0.6) is 0 Å². The summed E-state index contributed by atoms with van der Waals surface area (Å²) < 4.78 is 1.80. The highest BCUT2D eigenvalue weighted by atomic mass is 16.1. The van der Waals surface area contributed by atoms with Crippen LogP contribution in [0.4, 0.5) is 0 Å². The average Bonchev–Trinajstić information content (AvgIpc) is 2.35. The van der Waals surface area contributed by atoms with E-state index in [9.17, 15) is 4.79 Å². The number of hydrogen-bond acceptors (Lipinski definition) is 2. The lowest BCUT2D eigenvalue weighted by molar-refractivity contribution is 0.526. The van der Waals surface area contributed by atoms with Gasteiger partial charge in [-0.05, 0) is 20.3 Å². The lowest BCUT2D eigenvalue weighted by Gasteiger charge is -2.09. The van der Waals surface area contributed by atoms with Gasteiger partial charge in [0.05, 0.1) is 0 Å². The van der Waals surface area contributed by atoms with Gasteiger partial charge in [-0.2, -0.15) is 0 Å². The van der Waals surface area contributed by atoms with Crippen molar-refractivity contribution < 1.29 is 0 Å². The largest absolute Gasteiger partial charge is 0.297 e. The molecular formula is C16H28N2O. The summed E-state index contributed by atoms with van der Waals surface area (Å²) in [5, 5.41) is 0. The summed E-state index contributed by atoms with van der Waals surface area (Å²) >= 11 is 0. The van der Waals surface area contributed by atoms with Gasteiger partial charge < -0.3 is 0 Å². The maximum Gasteiger partial charge on any atom is 0.253 e. The lowest BCUT2D eigenvalue weighted by atomic mass is 10.1. The van der Waals surface area contributed by atoms with Gasteiger partial charge >= 0.3 is 0 Å². The van der Waals surface area contributed by atoms with Crippen LogP contribution in [0.2, 0.25) is 0 Å². The predicted molar refractivity (Wildman–Crippen MR) is 80.6 cm³/mol. The monoisotopic (exact) mass is 264 g/mol. The van der Waals surface area contributed by atoms with Crippen LogP contribution in [0.25, 0.3) is 0 Å². The van der Waals surface area contributed by atoms with E-state index in [4.69, 9.17) is 0 Å². The maximum atomic E-state index is 11.8. The molecule has 1 heterocycles. The fourth-order valence-electron chi connectivity index (χ4n) is 2.44. The fourth-order valence-corrected chi connectivity index (χ4v) is 2.44. The first-order valence-corrected chi connectivity index (χ1v) is 7.70. The third-order valence-electron chi connectivity index (χ3n) is 3.56. The van der Waals surface area contributed by atoms with Crippen molar-refractivity contribution >= 4 is 0 Å². The first kappa shape index (κ1) is 15.9. The molecule has 0 amide bonds. The molecule has 1 aromatic heterocycles. The van der Waals surface area contributed by atoms with Crippen molar-refractivity contribution in [3.05, 3.63) is 27.9 Å². The van der Waals surface area contributed by atoms with E-state index in [1.54, 1.807) is 10.6 Å². The normalized spacial score (nSPS) is 10.9. The zero-order chi connectivity index (χ0) is 14.1. The summed E-state index contributed by atoms with van der Waals surface area (Å²) in [6, 6.07) is 1.62. The van der Waals surface area contributed by atoms with Gasteiger partial charge in [0.2, 0.25) is 0 Å². The van der Waals surface area contributed by atoms with Gasteiger partial charge in [-0.1, -0.05) is 51.9 Å². The molecule has 0 aliphatic heterocycles. The second-order valence-corrected chi connectivity index (χ2v) is 5.41. The standard InChI is InChI=1S/C16H28N2O/c1-4-5-6-7-8-9-10-11-12-18-15(3)17-14(2)13-16(18)19/h13H,4-12H2,1-3H3. The summed E-state index contributed by atoms with van der Waals surface area (Å²) in [6.45, 7) is 6.84. The van der Waals surface area contributed by atoms with E-state index in [1.807, 2.05) is 13.8 Å². The number of nitrogens with zero attached hydrogens (tertiary/aromatic N) is 2. The molecule has 0 aliphatic rings. The first-order valence-electron chi connectivity index (χ1n) is 7.70. The lowest BCUT2D eigenvalue weighted by Crippen LogP contribution is -2.23. The highest BCUT2D eigenvalue weighted by molar-refractivity contribution is 5.01. The van der Waals surface area contributed by atoms with Crippen LogP contribution in [0.1, 0.15) is 69.8 Å². The average molecular weight is 264 g/mol. The number of aromatic nitrogens is 2. The fraction of sp³-hybridized carbons (Fsp3) is 0.750. The van der Waals surface area contributed by atoms with E-state index in [1.165, 1.54) is 44.9 Å². The van der Waals surface area contributed by atoms with Crippen LogP contribution in [0.15, 0.2) is 10.9 Å². The van der Waals surface area contributed by atoms with E-state index >= 15 is 0 Å². The maximum absolute atomic E-state index is 11.8. The second-order valence-electron chi connectivity index (χ2n) is 5.41. The molecule has 1 aromatic rings. The molecule has 19 heavy (non-hydrogen) atoms. The zero-order valence-electron chi connectivity index (χ0n) is 12.7. The minimum Gasteiger partial charge on any atom is -0.297 e. The Balaban J connectivity index is 2.21. The van der Waals surface area contributed by atoms with Crippen LogP contribution in [-0.4, -0.2) is 9.55 Å². The Morgan fingerprint density at radius 1 is 1.00 bits per heavy atom. The molecule has 0 aromatic carbocycles. The van der Waals surface area contributed by atoms with Crippen molar-refractivity contribution in [2.45, 2.75) is 78.7 Å². The molecule has 108 valence electrons. The summed E-state index contributed by atoms with van der Waals surface area (Å²) in [5.74, 6) is 0.841. The van der Waals surface area contributed by atoms with Crippen molar-refractivity contribution in [1.29, 1.82) is 0 Å². The van der Waals surface area contributed by atoms with Gasteiger partial charge in [0.15, 0.2) is 0 Å². The highest BCUT2D eigenvalue weighted by Gasteiger charge is 2.02. The van der Waals surface area contributed by atoms with Crippen LogP contribution in [0, 0.1) is 13.8 Å². The van der Waals surface area contributed by atoms with Gasteiger partial charge in [-0.15, -0.1) is 0 Å². The van der Waals surface area contributed by atoms with Crippen molar-refractivity contribution in [1.82, 2.24) is 9.55 Å². The number of aryl methyl sites for hydroxylation is 2.